The lowest BCUT2D eigenvalue weighted by molar-refractivity contribution is 0.445. The van der Waals surface area contributed by atoms with Gasteiger partial charge in [-0.15, -0.1) is 0 Å². The van der Waals surface area contributed by atoms with E-state index in [-0.39, 0.29) is 11.6 Å². The number of rotatable bonds is 4. The predicted molar refractivity (Wildman–Crippen MR) is 83.2 cm³/mol. The van der Waals surface area contributed by atoms with Crippen molar-refractivity contribution in [1.82, 2.24) is 5.32 Å². The average molecular weight is 281 g/mol. The van der Waals surface area contributed by atoms with Gasteiger partial charge in [-0.05, 0) is 36.2 Å². The molecule has 3 heteroatoms. The van der Waals surface area contributed by atoms with E-state index in [4.69, 9.17) is 4.74 Å². The number of hydrogen-bond donors (Lipinski definition) is 1. The Morgan fingerprint density at radius 3 is 2.57 bits per heavy atom. The van der Waals surface area contributed by atoms with Crippen LogP contribution in [0.25, 0.3) is 10.8 Å². The standard InChI is InChI=1S/C18H16FNO/c1-20-12-13-9-10-18(16(19)11-13)21-17-8-4-6-14-5-2-3-7-15(14)17/h2-11,20H,12H2,1H3. The maximum atomic E-state index is 14.1. The van der Waals surface area contributed by atoms with Crippen molar-refractivity contribution in [3.63, 3.8) is 0 Å². The number of hydrogen-bond acceptors (Lipinski definition) is 2. The van der Waals surface area contributed by atoms with Crippen LogP contribution >= 0.6 is 0 Å². The van der Waals surface area contributed by atoms with Crippen LogP contribution in [0.1, 0.15) is 5.56 Å². The zero-order valence-electron chi connectivity index (χ0n) is 11.8. The number of nitrogens with one attached hydrogen (secondary N) is 1. The summed E-state index contributed by atoms with van der Waals surface area (Å²) in [4.78, 5) is 0. The van der Waals surface area contributed by atoms with Gasteiger partial charge in [0.05, 0.1) is 0 Å². The molecule has 0 amide bonds. The van der Waals surface area contributed by atoms with Crippen molar-refractivity contribution < 1.29 is 9.13 Å². The Kier molecular flexibility index (Phi) is 3.84. The van der Waals surface area contributed by atoms with Gasteiger partial charge in [-0.1, -0.05) is 42.5 Å². The highest BCUT2D eigenvalue weighted by atomic mass is 19.1. The first-order chi connectivity index (χ1) is 10.3. The molecule has 106 valence electrons. The zero-order chi connectivity index (χ0) is 14.7. The predicted octanol–water partition coefficient (Wildman–Crippen LogP) is 4.49. The Hall–Kier alpha value is -2.39. The largest absolute Gasteiger partial charge is 0.454 e. The molecule has 0 aliphatic rings. The highest BCUT2D eigenvalue weighted by molar-refractivity contribution is 5.88. The third-order valence-electron chi connectivity index (χ3n) is 3.35. The molecule has 0 bridgehead atoms. The molecular formula is C18H16FNO. The van der Waals surface area contributed by atoms with Gasteiger partial charge in [0.25, 0.3) is 0 Å². The van der Waals surface area contributed by atoms with Crippen LogP contribution in [-0.2, 0) is 6.54 Å². The minimum atomic E-state index is -0.351. The van der Waals surface area contributed by atoms with E-state index in [1.165, 1.54) is 6.07 Å². The summed E-state index contributed by atoms with van der Waals surface area (Å²) in [5.41, 5.74) is 0.889. The maximum Gasteiger partial charge on any atom is 0.166 e. The molecular weight excluding hydrogens is 265 g/mol. The van der Waals surface area contributed by atoms with Crippen molar-refractivity contribution in [2.24, 2.45) is 0 Å². The highest BCUT2D eigenvalue weighted by Crippen LogP contribution is 2.31. The molecule has 21 heavy (non-hydrogen) atoms. The van der Waals surface area contributed by atoms with Gasteiger partial charge in [0, 0.05) is 11.9 Å². The molecule has 1 N–H and O–H groups in total. The summed E-state index contributed by atoms with van der Waals surface area (Å²) >= 11 is 0. The molecule has 0 aromatic heterocycles. The topological polar surface area (TPSA) is 21.3 Å². The van der Waals surface area contributed by atoms with Crippen molar-refractivity contribution in [2.45, 2.75) is 6.54 Å². The Balaban J connectivity index is 1.95. The molecule has 0 aliphatic carbocycles. The van der Waals surface area contributed by atoms with E-state index < -0.39 is 0 Å². The van der Waals surface area contributed by atoms with Gasteiger partial charge in [0.15, 0.2) is 11.6 Å². The van der Waals surface area contributed by atoms with Crippen molar-refractivity contribution in [3.05, 3.63) is 72.0 Å². The number of benzene rings is 3. The van der Waals surface area contributed by atoms with Gasteiger partial charge in [0.2, 0.25) is 0 Å². The summed E-state index contributed by atoms with van der Waals surface area (Å²) in [7, 11) is 1.83. The minimum Gasteiger partial charge on any atom is -0.454 e. The lowest BCUT2D eigenvalue weighted by Crippen LogP contribution is -2.05. The van der Waals surface area contributed by atoms with Gasteiger partial charge >= 0.3 is 0 Å². The van der Waals surface area contributed by atoms with Crippen LogP contribution in [0.15, 0.2) is 60.7 Å². The second-order valence-corrected chi connectivity index (χ2v) is 4.87. The van der Waals surface area contributed by atoms with Gasteiger partial charge in [-0.2, -0.15) is 0 Å². The molecule has 0 spiro atoms. The van der Waals surface area contributed by atoms with Gasteiger partial charge in [-0.25, -0.2) is 4.39 Å². The maximum absolute atomic E-state index is 14.1. The first-order valence-electron chi connectivity index (χ1n) is 6.86. The smallest absolute Gasteiger partial charge is 0.166 e. The van der Waals surface area contributed by atoms with E-state index >= 15 is 0 Å². The molecule has 3 rings (SSSR count). The Labute approximate surface area is 123 Å². The number of fused-ring (bicyclic) bond motifs is 1. The molecule has 0 atom stereocenters. The van der Waals surface area contributed by atoms with Crippen molar-refractivity contribution in [1.29, 1.82) is 0 Å². The fourth-order valence-corrected chi connectivity index (χ4v) is 2.34. The fraction of sp³-hybridized carbons (Fsp3) is 0.111. The van der Waals surface area contributed by atoms with Crippen molar-refractivity contribution in [2.75, 3.05) is 7.05 Å². The van der Waals surface area contributed by atoms with Crippen LogP contribution in [0.4, 0.5) is 4.39 Å². The first-order valence-corrected chi connectivity index (χ1v) is 6.86. The third kappa shape index (κ3) is 2.88. The Morgan fingerprint density at radius 1 is 0.952 bits per heavy atom. The quantitative estimate of drug-likeness (QED) is 0.760. The van der Waals surface area contributed by atoms with Crippen molar-refractivity contribution >= 4 is 10.8 Å². The van der Waals surface area contributed by atoms with E-state index in [1.807, 2.05) is 55.6 Å². The summed E-state index contributed by atoms with van der Waals surface area (Å²) in [6.45, 7) is 0.630. The normalized spacial score (nSPS) is 10.8. The van der Waals surface area contributed by atoms with E-state index in [0.29, 0.717) is 12.3 Å². The minimum absolute atomic E-state index is 0.242. The monoisotopic (exact) mass is 281 g/mol. The lowest BCUT2D eigenvalue weighted by atomic mass is 10.1. The number of ether oxygens (including phenoxy) is 1. The number of halogens is 1. The second kappa shape index (κ2) is 5.94. The van der Waals surface area contributed by atoms with E-state index in [1.54, 1.807) is 6.07 Å². The highest BCUT2D eigenvalue weighted by Gasteiger charge is 2.08. The summed E-state index contributed by atoms with van der Waals surface area (Å²) in [5.74, 6) is 0.551. The summed E-state index contributed by atoms with van der Waals surface area (Å²) in [6, 6.07) is 18.7. The van der Waals surface area contributed by atoms with Crippen LogP contribution < -0.4 is 10.1 Å². The SMILES string of the molecule is CNCc1ccc(Oc2cccc3ccccc23)c(F)c1. The first kappa shape index (κ1) is 13.6. The molecule has 0 fully saturated rings. The van der Waals surface area contributed by atoms with E-state index in [2.05, 4.69) is 5.32 Å². The molecule has 0 radical (unpaired) electrons. The van der Waals surface area contributed by atoms with E-state index in [9.17, 15) is 4.39 Å². The average Bonchev–Trinajstić information content (AvgIpc) is 2.51. The molecule has 0 unspecified atom stereocenters. The van der Waals surface area contributed by atoms with Crippen LogP contribution in [0, 0.1) is 5.82 Å². The zero-order valence-corrected chi connectivity index (χ0v) is 11.8. The van der Waals surface area contributed by atoms with Crippen LogP contribution in [-0.4, -0.2) is 7.05 Å². The van der Waals surface area contributed by atoms with Crippen LogP contribution in [0.5, 0.6) is 11.5 Å². The lowest BCUT2D eigenvalue weighted by Gasteiger charge is -2.10. The summed E-state index contributed by atoms with van der Waals surface area (Å²) in [5, 5.41) is 5.04. The van der Waals surface area contributed by atoms with Gasteiger partial charge in [0.1, 0.15) is 5.75 Å². The molecule has 3 aromatic carbocycles. The van der Waals surface area contributed by atoms with Gasteiger partial charge in [-0.3, -0.25) is 0 Å². The molecule has 3 aromatic rings. The summed E-state index contributed by atoms with van der Waals surface area (Å²) < 4.78 is 19.9. The summed E-state index contributed by atoms with van der Waals surface area (Å²) in [6.07, 6.45) is 0. The Morgan fingerprint density at radius 2 is 1.76 bits per heavy atom. The van der Waals surface area contributed by atoms with E-state index in [0.717, 1.165) is 16.3 Å². The van der Waals surface area contributed by atoms with Crippen molar-refractivity contribution in [3.8, 4) is 11.5 Å². The molecule has 0 saturated carbocycles. The Bertz CT molecular complexity index is 765. The van der Waals surface area contributed by atoms with Crippen LogP contribution in [0.3, 0.4) is 0 Å². The second-order valence-electron chi connectivity index (χ2n) is 4.87. The third-order valence-corrected chi connectivity index (χ3v) is 3.35. The molecule has 0 aliphatic heterocycles. The van der Waals surface area contributed by atoms with Gasteiger partial charge < -0.3 is 10.1 Å². The molecule has 2 nitrogen and oxygen atoms in total. The fourth-order valence-electron chi connectivity index (χ4n) is 2.34. The van der Waals surface area contributed by atoms with Crippen LogP contribution in [0.2, 0.25) is 0 Å². The molecule has 0 heterocycles. The molecule has 0 saturated heterocycles.